The molecule has 4 nitrogen and oxygen atoms in total. The van der Waals surface area contributed by atoms with Crippen molar-refractivity contribution in [2.45, 2.75) is 39.2 Å². The maximum atomic E-state index is 11.7. The van der Waals surface area contributed by atoms with Gasteiger partial charge in [-0.25, -0.2) is 0 Å². The van der Waals surface area contributed by atoms with E-state index in [1.165, 1.54) is 0 Å². The molecule has 0 unspecified atom stereocenters. The van der Waals surface area contributed by atoms with Crippen molar-refractivity contribution in [3.05, 3.63) is 24.3 Å². The number of carbonyl (C=O) groups excluding carboxylic acids is 1. The lowest BCUT2D eigenvalue weighted by Gasteiger charge is -2.24. The Morgan fingerprint density at radius 3 is 2.78 bits per heavy atom. The van der Waals surface area contributed by atoms with Crippen LogP contribution in [0.15, 0.2) is 24.3 Å². The van der Waals surface area contributed by atoms with Crippen LogP contribution in [-0.4, -0.2) is 18.1 Å². The molecule has 1 rings (SSSR count). The van der Waals surface area contributed by atoms with Gasteiger partial charge in [0.1, 0.15) is 5.75 Å². The molecule has 0 saturated carbocycles. The van der Waals surface area contributed by atoms with Gasteiger partial charge < -0.3 is 15.8 Å². The van der Waals surface area contributed by atoms with E-state index < -0.39 is 0 Å². The van der Waals surface area contributed by atoms with E-state index in [0.717, 1.165) is 6.42 Å². The van der Waals surface area contributed by atoms with Crippen molar-refractivity contribution in [1.82, 2.24) is 5.32 Å². The highest BCUT2D eigenvalue weighted by Crippen LogP contribution is 2.14. The second kappa shape index (κ2) is 6.28. The van der Waals surface area contributed by atoms with E-state index in [9.17, 15) is 4.79 Å². The molecule has 18 heavy (non-hydrogen) atoms. The van der Waals surface area contributed by atoms with Crippen molar-refractivity contribution in [3.63, 3.8) is 0 Å². The van der Waals surface area contributed by atoms with E-state index in [2.05, 4.69) is 5.32 Å². The van der Waals surface area contributed by atoms with E-state index in [-0.39, 0.29) is 11.4 Å². The molecule has 1 amide bonds. The maximum absolute atomic E-state index is 11.7. The quantitative estimate of drug-likeness (QED) is 0.762. The van der Waals surface area contributed by atoms with Gasteiger partial charge in [-0.15, -0.1) is 0 Å². The molecule has 0 radical (unpaired) electrons. The van der Waals surface area contributed by atoms with E-state index in [4.69, 9.17) is 10.5 Å². The first-order chi connectivity index (χ1) is 8.43. The van der Waals surface area contributed by atoms with Crippen LogP contribution in [0.1, 0.15) is 33.6 Å². The Hall–Kier alpha value is -1.71. The first kappa shape index (κ1) is 14.4. The number of ether oxygens (including phenoxy) is 1. The van der Waals surface area contributed by atoms with E-state index in [1.54, 1.807) is 12.1 Å². The summed E-state index contributed by atoms with van der Waals surface area (Å²) in [6, 6.07) is 7.19. The molecule has 1 aromatic carbocycles. The highest BCUT2D eigenvalue weighted by atomic mass is 16.5. The topological polar surface area (TPSA) is 64.3 Å². The fourth-order valence-electron chi connectivity index (χ4n) is 1.39. The molecule has 0 aromatic heterocycles. The van der Waals surface area contributed by atoms with E-state index in [0.29, 0.717) is 24.5 Å². The lowest BCUT2D eigenvalue weighted by atomic mass is 10.0. The highest BCUT2D eigenvalue weighted by Gasteiger charge is 2.17. The predicted molar refractivity (Wildman–Crippen MR) is 73.5 cm³/mol. The maximum Gasteiger partial charge on any atom is 0.223 e. The van der Waals surface area contributed by atoms with Crippen LogP contribution in [0, 0.1) is 0 Å². The van der Waals surface area contributed by atoms with Crippen molar-refractivity contribution in [1.29, 1.82) is 0 Å². The number of rotatable bonds is 6. The third-order valence-corrected chi connectivity index (χ3v) is 2.82. The zero-order valence-corrected chi connectivity index (χ0v) is 11.3. The number of benzene rings is 1. The number of anilines is 1. The Labute approximate surface area is 109 Å². The third kappa shape index (κ3) is 5.08. The smallest absolute Gasteiger partial charge is 0.223 e. The molecule has 0 fully saturated rings. The summed E-state index contributed by atoms with van der Waals surface area (Å²) in [7, 11) is 0. The molecular weight excluding hydrogens is 228 g/mol. The minimum atomic E-state index is -0.158. The number of hydrogen-bond acceptors (Lipinski definition) is 3. The van der Waals surface area contributed by atoms with Gasteiger partial charge in [-0.3, -0.25) is 4.79 Å². The standard InChI is InChI=1S/C14H22N2O2/c1-4-14(2,3)16-13(17)8-9-18-12-7-5-6-11(15)10-12/h5-7,10H,4,8-9,15H2,1-3H3,(H,16,17). The largest absolute Gasteiger partial charge is 0.493 e. The summed E-state index contributed by atoms with van der Waals surface area (Å²) in [6.07, 6.45) is 1.24. The summed E-state index contributed by atoms with van der Waals surface area (Å²) in [6.45, 7) is 6.41. The third-order valence-electron chi connectivity index (χ3n) is 2.82. The highest BCUT2D eigenvalue weighted by molar-refractivity contribution is 5.76. The number of nitrogens with two attached hydrogens (primary N) is 1. The summed E-state index contributed by atoms with van der Waals surface area (Å²) in [5, 5.41) is 2.96. The molecule has 100 valence electrons. The van der Waals surface area contributed by atoms with E-state index in [1.807, 2.05) is 32.9 Å². The zero-order valence-electron chi connectivity index (χ0n) is 11.3. The summed E-state index contributed by atoms with van der Waals surface area (Å²) in [4.78, 5) is 11.7. The van der Waals surface area contributed by atoms with Crippen molar-refractivity contribution in [3.8, 4) is 5.75 Å². The Morgan fingerprint density at radius 1 is 1.44 bits per heavy atom. The van der Waals surface area contributed by atoms with E-state index >= 15 is 0 Å². The fourth-order valence-corrected chi connectivity index (χ4v) is 1.39. The average Bonchev–Trinajstić information content (AvgIpc) is 2.28. The lowest BCUT2D eigenvalue weighted by molar-refractivity contribution is -0.123. The van der Waals surface area contributed by atoms with Crippen LogP contribution < -0.4 is 15.8 Å². The lowest BCUT2D eigenvalue weighted by Crippen LogP contribution is -2.43. The van der Waals surface area contributed by atoms with Gasteiger partial charge in [-0.05, 0) is 32.4 Å². The van der Waals surface area contributed by atoms with Crippen LogP contribution in [0.4, 0.5) is 5.69 Å². The van der Waals surface area contributed by atoms with Gasteiger partial charge in [-0.1, -0.05) is 13.0 Å². The molecule has 0 spiro atoms. The Kier molecular flexibility index (Phi) is 5.01. The summed E-state index contributed by atoms with van der Waals surface area (Å²) < 4.78 is 5.46. The van der Waals surface area contributed by atoms with Gasteiger partial charge in [-0.2, -0.15) is 0 Å². The van der Waals surface area contributed by atoms with Crippen LogP contribution in [-0.2, 0) is 4.79 Å². The number of nitrogens with one attached hydrogen (secondary N) is 1. The molecule has 0 atom stereocenters. The summed E-state index contributed by atoms with van der Waals surface area (Å²) in [5.41, 5.74) is 6.13. The van der Waals surface area contributed by atoms with Crippen LogP contribution in [0.5, 0.6) is 5.75 Å². The number of carbonyl (C=O) groups is 1. The Balaban J connectivity index is 2.32. The average molecular weight is 250 g/mol. The van der Waals surface area contributed by atoms with Crippen LogP contribution >= 0.6 is 0 Å². The molecule has 0 aliphatic carbocycles. The molecule has 0 saturated heterocycles. The summed E-state index contributed by atoms with van der Waals surface area (Å²) in [5.74, 6) is 0.698. The zero-order chi connectivity index (χ0) is 13.6. The van der Waals surface area contributed by atoms with Gasteiger partial charge in [0.25, 0.3) is 0 Å². The number of amides is 1. The fraction of sp³-hybridized carbons (Fsp3) is 0.500. The second-order valence-corrected chi connectivity index (χ2v) is 4.96. The number of hydrogen-bond donors (Lipinski definition) is 2. The first-order valence-corrected chi connectivity index (χ1v) is 6.22. The minimum Gasteiger partial charge on any atom is -0.493 e. The van der Waals surface area contributed by atoms with Crippen molar-refractivity contribution in [2.75, 3.05) is 12.3 Å². The van der Waals surface area contributed by atoms with Gasteiger partial charge in [0, 0.05) is 17.3 Å². The first-order valence-electron chi connectivity index (χ1n) is 6.22. The molecule has 0 bridgehead atoms. The predicted octanol–water partition coefficient (Wildman–Crippen LogP) is 2.34. The SMILES string of the molecule is CCC(C)(C)NC(=O)CCOc1cccc(N)c1. The molecule has 0 aliphatic rings. The van der Waals surface area contributed by atoms with Gasteiger partial charge in [0.05, 0.1) is 13.0 Å². The van der Waals surface area contributed by atoms with Crippen molar-refractivity contribution in [2.24, 2.45) is 0 Å². The second-order valence-electron chi connectivity index (χ2n) is 4.96. The van der Waals surface area contributed by atoms with Gasteiger partial charge in [0.2, 0.25) is 5.91 Å². The molecule has 1 aromatic rings. The molecular formula is C14H22N2O2. The minimum absolute atomic E-state index is 0.00533. The monoisotopic (exact) mass is 250 g/mol. The van der Waals surface area contributed by atoms with Crippen molar-refractivity contribution < 1.29 is 9.53 Å². The van der Waals surface area contributed by atoms with Gasteiger partial charge >= 0.3 is 0 Å². The van der Waals surface area contributed by atoms with Crippen LogP contribution in [0.25, 0.3) is 0 Å². The molecule has 0 aliphatic heterocycles. The van der Waals surface area contributed by atoms with Crippen molar-refractivity contribution >= 4 is 11.6 Å². The summed E-state index contributed by atoms with van der Waals surface area (Å²) >= 11 is 0. The molecule has 0 heterocycles. The van der Waals surface area contributed by atoms with Gasteiger partial charge in [0.15, 0.2) is 0 Å². The Morgan fingerprint density at radius 2 is 2.17 bits per heavy atom. The van der Waals surface area contributed by atoms with Crippen LogP contribution in [0.3, 0.4) is 0 Å². The number of nitrogen functional groups attached to an aromatic ring is 1. The normalized spacial score (nSPS) is 11.1. The van der Waals surface area contributed by atoms with Crippen LogP contribution in [0.2, 0.25) is 0 Å². The molecule has 4 heteroatoms. The molecule has 3 N–H and O–H groups in total. The Bertz CT molecular complexity index is 403.